The summed E-state index contributed by atoms with van der Waals surface area (Å²) in [6.07, 6.45) is 9.07. The lowest BCUT2D eigenvalue weighted by atomic mass is 9.91. The maximum Gasteiger partial charge on any atom is 0.407 e. The average molecular weight is 341 g/mol. The molecule has 0 spiro atoms. The number of nitrogens with one attached hydrogen (secondary N) is 3. The lowest BCUT2D eigenvalue weighted by Gasteiger charge is -2.22. The van der Waals surface area contributed by atoms with Crippen LogP contribution in [0, 0.1) is 5.92 Å². The molecule has 0 unspecified atom stereocenters. The normalized spacial score (nSPS) is 21.4. The van der Waals surface area contributed by atoms with E-state index >= 15 is 0 Å². The van der Waals surface area contributed by atoms with E-state index in [9.17, 15) is 4.79 Å². The van der Waals surface area contributed by atoms with E-state index in [0.717, 1.165) is 18.8 Å². The number of hydrogen-bond donors (Lipinski definition) is 3. The molecule has 1 atom stereocenters. The molecule has 2 saturated heterocycles. The van der Waals surface area contributed by atoms with Crippen LogP contribution in [-0.2, 0) is 17.6 Å². The second kappa shape index (κ2) is 7.48. The minimum absolute atomic E-state index is 0.0900. The van der Waals surface area contributed by atoms with Gasteiger partial charge < -0.3 is 20.4 Å². The van der Waals surface area contributed by atoms with Gasteiger partial charge in [0.15, 0.2) is 0 Å². The zero-order chi connectivity index (χ0) is 17.1. The summed E-state index contributed by atoms with van der Waals surface area (Å²) in [6.45, 7) is 2.83. The van der Waals surface area contributed by atoms with Gasteiger partial charge in [-0.2, -0.15) is 0 Å². The molecule has 5 heteroatoms. The molecule has 1 amide bonds. The Morgan fingerprint density at radius 2 is 2.08 bits per heavy atom. The monoisotopic (exact) mass is 341 g/mol. The number of alkyl carbamates (subject to hydrolysis) is 1. The van der Waals surface area contributed by atoms with Crippen molar-refractivity contribution >= 4 is 17.0 Å². The van der Waals surface area contributed by atoms with Crippen LogP contribution in [0.3, 0.4) is 0 Å². The molecule has 0 saturated carbocycles. The highest BCUT2D eigenvalue weighted by atomic mass is 16.6. The molecule has 2 aromatic rings. The highest BCUT2D eigenvalue weighted by molar-refractivity contribution is 5.84. The Labute approximate surface area is 148 Å². The highest BCUT2D eigenvalue weighted by Gasteiger charge is 2.22. The number of aromatic nitrogens is 1. The zero-order valence-corrected chi connectivity index (χ0v) is 14.6. The summed E-state index contributed by atoms with van der Waals surface area (Å²) < 4.78 is 4.98. The van der Waals surface area contributed by atoms with E-state index in [-0.39, 0.29) is 12.1 Å². The number of ether oxygens (including phenoxy) is 1. The summed E-state index contributed by atoms with van der Waals surface area (Å²) in [5.41, 5.74) is 3.87. The van der Waals surface area contributed by atoms with Gasteiger partial charge in [0, 0.05) is 17.1 Å². The van der Waals surface area contributed by atoms with Crippen LogP contribution in [0.2, 0.25) is 0 Å². The topological polar surface area (TPSA) is 66.2 Å². The lowest BCUT2D eigenvalue weighted by molar-refractivity contribution is 0.177. The number of H-pyrrole nitrogens is 1. The molecule has 1 aromatic carbocycles. The van der Waals surface area contributed by atoms with E-state index in [2.05, 4.69) is 40.0 Å². The van der Waals surface area contributed by atoms with E-state index < -0.39 is 0 Å². The summed E-state index contributed by atoms with van der Waals surface area (Å²) in [4.78, 5) is 14.6. The quantitative estimate of drug-likeness (QED) is 0.756. The Balaban J connectivity index is 1.38. The highest BCUT2D eigenvalue weighted by Crippen LogP contribution is 2.25. The fraction of sp³-hybridized carbons (Fsp3) is 0.550. The fourth-order valence-corrected chi connectivity index (χ4v) is 4.13. The maximum atomic E-state index is 11.2. The SMILES string of the molecule is O=C1N[C@@H](Cc2ccc3[nH]cc(CCCC4CCNCC4)c3c2)CO1. The van der Waals surface area contributed by atoms with Crippen molar-refractivity contribution in [3.63, 3.8) is 0 Å². The van der Waals surface area contributed by atoms with Crippen molar-refractivity contribution in [2.24, 2.45) is 5.92 Å². The van der Waals surface area contributed by atoms with E-state index in [0.29, 0.717) is 6.61 Å². The Bertz CT molecular complexity index is 734. The molecular formula is C20H27N3O2. The Hall–Kier alpha value is -2.01. The second-order valence-electron chi connectivity index (χ2n) is 7.42. The number of aryl methyl sites for hydroxylation is 1. The van der Waals surface area contributed by atoms with Crippen molar-refractivity contribution in [1.82, 2.24) is 15.6 Å². The number of carbonyl (C=O) groups excluding carboxylic acids is 1. The van der Waals surface area contributed by atoms with Gasteiger partial charge in [0.1, 0.15) is 6.61 Å². The predicted octanol–water partition coefficient (Wildman–Crippen LogP) is 3.14. The van der Waals surface area contributed by atoms with Gasteiger partial charge >= 0.3 is 6.09 Å². The van der Waals surface area contributed by atoms with Crippen molar-refractivity contribution in [2.45, 2.75) is 44.6 Å². The number of fused-ring (bicyclic) bond motifs is 1. The van der Waals surface area contributed by atoms with E-state index in [1.54, 1.807) is 0 Å². The van der Waals surface area contributed by atoms with Crippen LogP contribution in [0.5, 0.6) is 0 Å². The predicted molar refractivity (Wildman–Crippen MR) is 98.8 cm³/mol. The van der Waals surface area contributed by atoms with Gasteiger partial charge in [0.25, 0.3) is 0 Å². The largest absolute Gasteiger partial charge is 0.447 e. The van der Waals surface area contributed by atoms with Gasteiger partial charge in [-0.15, -0.1) is 0 Å². The number of hydrogen-bond acceptors (Lipinski definition) is 3. The Kier molecular flexibility index (Phi) is 4.92. The van der Waals surface area contributed by atoms with E-state index in [4.69, 9.17) is 4.74 Å². The fourth-order valence-electron chi connectivity index (χ4n) is 4.13. The van der Waals surface area contributed by atoms with Crippen molar-refractivity contribution < 1.29 is 9.53 Å². The molecule has 25 heavy (non-hydrogen) atoms. The van der Waals surface area contributed by atoms with Gasteiger partial charge in [0.05, 0.1) is 6.04 Å². The van der Waals surface area contributed by atoms with Crippen LogP contribution in [-0.4, -0.2) is 36.8 Å². The second-order valence-corrected chi connectivity index (χ2v) is 7.42. The van der Waals surface area contributed by atoms with Gasteiger partial charge in [-0.3, -0.25) is 0 Å². The van der Waals surface area contributed by atoms with Crippen LogP contribution in [0.1, 0.15) is 36.8 Å². The van der Waals surface area contributed by atoms with Gasteiger partial charge in [-0.05, 0) is 74.4 Å². The third-order valence-corrected chi connectivity index (χ3v) is 5.57. The van der Waals surface area contributed by atoms with Crippen molar-refractivity contribution in [1.29, 1.82) is 0 Å². The number of rotatable bonds is 6. The summed E-state index contributed by atoms with van der Waals surface area (Å²) in [5, 5.41) is 7.62. The summed E-state index contributed by atoms with van der Waals surface area (Å²) >= 11 is 0. The Morgan fingerprint density at radius 3 is 2.88 bits per heavy atom. The van der Waals surface area contributed by atoms with Gasteiger partial charge in [0.2, 0.25) is 0 Å². The first-order chi connectivity index (χ1) is 12.3. The third-order valence-electron chi connectivity index (χ3n) is 5.57. The van der Waals surface area contributed by atoms with Crippen LogP contribution < -0.4 is 10.6 Å². The molecule has 2 aliphatic rings. The van der Waals surface area contributed by atoms with Crippen molar-refractivity contribution in [3.8, 4) is 0 Å². The maximum absolute atomic E-state index is 11.2. The molecule has 4 rings (SSSR count). The zero-order valence-electron chi connectivity index (χ0n) is 14.6. The standard InChI is InChI=1S/C20H27N3O2/c24-20-23-17(13-25-20)10-15-4-5-19-18(11-15)16(12-22-19)3-1-2-14-6-8-21-9-7-14/h4-5,11-12,14,17,21-22H,1-3,6-10,13H2,(H,23,24)/t17-/m0/s1. The molecule has 0 aliphatic carbocycles. The summed E-state index contributed by atoms with van der Waals surface area (Å²) in [7, 11) is 0. The molecule has 2 fully saturated rings. The molecule has 3 N–H and O–H groups in total. The average Bonchev–Trinajstić information content (AvgIpc) is 3.22. The molecule has 3 heterocycles. The van der Waals surface area contributed by atoms with Crippen LogP contribution in [0.25, 0.3) is 10.9 Å². The smallest absolute Gasteiger partial charge is 0.407 e. The van der Waals surface area contributed by atoms with Gasteiger partial charge in [-0.25, -0.2) is 4.79 Å². The van der Waals surface area contributed by atoms with Crippen molar-refractivity contribution in [2.75, 3.05) is 19.7 Å². The summed E-state index contributed by atoms with van der Waals surface area (Å²) in [5.74, 6) is 0.896. The molecule has 134 valence electrons. The molecule has 0 radical (unpaired) electrons. The molecule has 1 aromatic heterocycles. The van der Waals surface area contributed by atoms with Crippen LogP contribution in [0.15, 0.2) is 24.4 Å². The van der Waals surface area contributed by atoms with Gasteiger partial charge in [-0.1, -0.05) is 12.5 Å². The third kappa shape index (κ3) is 3.98. The first kappa shape index (κ1) is 16.5. The van der Waals surface area contributed by atoms with Crippen LogP contribution >= 0.6 is 0 Å². The lowest BCUT2D eigenvalue weighted by Crippen LogP contribution is -2.28. The first-order valence-corrected chi connectivity index (χ1v) is 9.51. The molecule has 2 aliphatic heterocycles. The minimum atomic E-state index is -0.300. The van der Waals surface area contributed by atoms with E-state index in [1.807, 2.05) is 0 Å². The Morgan fingerprint density at radius 1 is 1.20 bits per heavy atom. The van der Waals surface area contributed by atoms with Crippen molar-refractivity contribution in [3.05, 3.63) is 35.5 Å². The number of aromatic amines is 1. The number of piperidine rings is 1. The molecular weight excluding hydrogens is 314 g/mol. The van der Waals surface area contributed by atoms with Crippen LogP contribution in [0.4, 0.5) is 4.79 Å². The number of amides is 1. The molecule has 5 nitrogen and oxygen atoms in total. The summed E-state index contributed by atoms with van der Waals surface area (Å²) in [6, 6.07) is 6.66. The number of cyclic esters (lactones) is 1. The first-order valence-electron chi connectivity index (χ1n) is 9.51. The van der Waals surface area contributed by atoms with E-state index in [1.165, 1.54) is 60.8 Å². The minimum Gasteiger partial charge on any atom is -0.447 e. The number of benzene rings is 1. The molecule has 0 bridgehead atoms. The number of carbonyl (C=O) groups is 1.